The van der Waals surface area contributed by atoms with Gasteiger partial charge in [-0.25, -0.2) is 0 Å². The fraction of sp³-hybridized carbons (Fsp3) is 0.818. The zero-order chi connectivity index (χ0) is 9.10. The quantitative estimate of drug-likeness (QED) is 0.506. The maximum absolute atomic E-state index is 6.02. The van der Waals surface area contributed by atoms with Gasteiger partial charge in [-0.15, -0.1) is 11.6 Å². The predicted octanol–water partition coefficient (Wildman–Crippen LogP) is 2.56. The number of piperidine rings is 1. The molecule has 2 heteroatoms. The molecular formula is C11H18ClN. The monoisotopic (exact) mass is 199 g/mol. The van der Waals surface area contributed by atoms with Gasteiger partial charge in [0.25, 0.3) is 0 Å². The summed E-state index contributed by atoms with van der Waals surface area (Å²) in [6.07, 6.45) is 9.72. The number of rotatable bonds is 1. The lowest BCUT2D eigenvalue weighted by Gasteiger charge is -2.31. The zero-order valence-electron chi connectivity index (χ0n) is 8.01. The van der Waals surface area contributed by atoms with Crippen LogP contribution in [0.3, 0.4) is 0 Å². The van der Waals surface area contributed by atoms with E-state index >= 15 is 0 Å². The van der Waals surface area contributed by atoms with E-state index in [0.717, 1.165) is 11.8 Å². The molecule has 0 aromatic rings. The van der Waals surface area contributed by atoms with Crippen LogP contribution in [0, 0.1) is 11.8 Å². The first-order valence-corrected chi connectivity index (χ1v) is 5.83. The Morgan fingerprint density at radius 1 is 1.00 bits per heavy atom. The van der Waals surface area contributed by atoms with Crippen molar-refractivity contribution in [1.82, 2.24) is 5.32 Å². The molecule has 1 aliphatic carbocycles. The van der Waals surface area contributed by atoms with Crippen LogP contribution in [0.5, 0.6) is 0 Å². The highest BCUT2D eigenvalue weighted by molar-refractivity contribution is 6.21. The summed E-state index contributed by atoms with van der Waals surface area (Å²) in [4.78, 5) is 0. The second-order valence-corrected chi connectivity index (χ2v) is 4.79. The van der Waals surface area contributed by atoms with Crippen molar-refractivity contribution in [1.29, 1.82) is 0 Å². The second-order valence-electron chi connectivity index (χ2n) is 4.23. The standard InChI is InChI=1S/C11H18ClN/c12-11-3-1-9(2-4-11)10-5-7-13-8-6-10/h1,3,9-11,13H,2,4-8H2. The fourth-order valence-corrected chi connectivity index (χ4v) is 2.68. The van der Waals surface area contributed by atoms with Crippen LogP contribution in [0.4, 0.5) is 0 Å². The first-order valence-electron chi connectivity index (χ1n) is 5.39. The third-order valence-corrected chi connectivity index (χ3v) is 3.70. The van der Waals surface area contributed by atoms with Gasteiger partial charge in [0.2, 0.25) is 0 Å². The van der Waals surface area contributed by atoms with Gasteiger partial charge >= 0.3 is 0 Å². The van der Waals surface area contributed by atoms with Crippen molar-refractivity contribution >= 4 is 11.6 Å². The summed E-state index contributed by atoms with van der Waals surface area (Å²) in [7, 11) is 0. The Hall–Kier alpha value is -0.0100. The van der Waals surface area contributed by atoms with Crippen molar-refractivity contribution in [3.05, 3.63) is 12.2 Å². The summed E-state index contributed by atoms with van der Waals surface area (Å²) in [5.74, 6) is 1.73. The van der Waals surface area contributed by atoms with Crippen molar-refractivity contribution in [2.24, 2.45) is 11.8 Å². The summed E-state index contributed by atoms with van der Waals surface area (Å²) in [6.45, 7) is 2.42. The van der Waals surface area contributed by atoms with Crippen molar-refractivity contribution in [3.8, 4) is 0 Å². The molecule has 1 saturated heterocycles. The van der Waals surface area contributed by atoms with Gasteiger partial charge in [-0.1, -0.05) is 12.2 Å². The van der Waals surface area contributed by atoms with Gasteiger partial charge in [0.05, 0.1) is 5.38 Å². The molecule has 0 saturated carbocycles. The van der Waals surface area contributed by atoms with Crippen molar-refractivity contribution in [2.75, 3.05) is 13.1 Å². The van der Waals surface area contributed by atoms with Crippen molar-refractivity contribution in [2.45, 2.75) is 31.1 Å². The fourth-order valence-electron chi connectivity index (χ4n) is 2.47. The minimum atomic E-state index is 0.304. The number of alkyl halides is 1. The van der Waals surface area contributed by atoms with Gasteiger partial charge in [0.1, 0.15) is 0 Å². The lowest BCUT2D eigenvalue weighted by molar-refractivity contribution is 0.279. The van der Waals surface area contributed by atoms with E-state index in [2.05, 4.69) is 17.5 Å². The number of halogens is 1. The SMILES string of the molecule is ClC1C=CC(C2CCNCC2)CC1. The van der Waals surface area contributed by atoms with Crippen LogP contribution in [0.2, 0.25) is 0 Å². The highest BCUT2D eigenvalue weighted by atomic mass is 35.5. The number of allylic oxidation sites excluding steroid dienone is 2. The van der Waals surface area contributed by atoms with E-state index in [-0.39, 0.29) is 0 Å². The summed E-state index contributed by atoms with van der Waals surface area (Å²) in [6, 6.07) is 0. The van der Waals surface area contributed by atoms with Crippen LogP contribution >= 0.6 is 11.6 Å². The Kier molecular flexibility index (Phi) is 3.28. The molecule has 2 unspecified atom stereocenters. The van der Waals surface area contributed by atoms with Crippen LogP contribution < -0.4 is 5.32 Å². The van der Waals surface area contributed by atoms with E-state index in [1.54, 1.807) is 0 Å². The summed E-state index contributed by atoms with van der Waals surface area (Å²) in [5.41, 5.74) is 0. The number of hydrogen-bond acceptors (Lipinski definition) is 1. The van der Waals surface area contributed by atoms with Gasteiger partial charge in [-0.2, -0.15) is 0 Å². The first kappa shape index (κ1) is 9.54. The van der Waals surface area contributed by atoms with E-state index in [9.17, 15) is 0 Å². The Balaban J connectivity index is 1.89. The van der Waals surface area contributed by atoms with E-state index in [0.29, 0.717) is 5.38 Å². The van der Waals surface area contributed by atoms with Gasteiger partial charge < -0.3 is 5.32 Å². The molecule has 2 rings (SSSR count). The molecule has 1 fully saturated rings. The Labute approximate surface area is 85.5 Å². The van der Waals surface area contributed by atoms with Crippen molar-refractivity contribution in [3.63, 3.8) is 0 Å². The first-order chi connectivity index (χ1) is 6.36. The topological polar surface area (TPSA) is 12.0 Å². The van der Waals surface area contributed by atoms with E-state index in [4.69, 9.17) is 11.6 Å². The van der Waals surface area contributed by atoms with E-state index in [1.165, 1.54) is 38.8 Å². The molecule has 2 aliphatic rings. The molecule has 1 heterocycles. The van der Waals surface area contributed by atoms with E-state index in [1.807, 2.05) is 0 Å². The Bertz CT molecular complexity index is 185. The maximum Gasteiger partial charge on any atom is 0.0516 e. The van der Waals surface area contributed by atoms with Gasteiger partial charge in [0.15, 0.2) is 0 Å². The zero-order valence-corrected chi connectivity index (χ0v) is 8.76. The van der Waals surface area contributed by atoms with Crippen LogP contribution in [0.25, 0.3) is 0 Å². The minimum absolute atomic E-state index is 0.304. The Morgan fingerprint density at radius 2 is 1.77 bits per heavy atom. The molecule has 0 radical (unpaired) electrons. The lowest BCUT2D eigenvalue weighted by atomic mass is 9.79. The van der Waals surface area contributed by atoms with Gasteiger partial charge in [0, 0.05) is 0 Å². The normalized spacial score (nSPS) is 36.4. The molecule has 1 aliphatic heterocycles. The molecule has 74 valence electrons. The van der Waals surface area contributed by atoms with Crippen LogP contribution in [0.1, 0.15) is 25.7 Å². The maximum atomic E-state index is 6.02. The van der Waals surface area contributed by atoms with Crippen LogP contribution in [-0.4, -0.2) is 18.5 Å². The molecule has 2 atom stereocenters. The summed E-state index contributed by atoms with van der Waals surface area (Å²) >= 11 is 6.02. The molecule has 0 bridgehead atoms. The lowest BCUT2D eigenvalue weighted by Crippen LogP contribution is -2.32. The van der Waals surface area contributed by atoms with Crippen LogP contribution in [-0.2, 0) is 0 Å². The highest BCUT2D eigenvalue weighted by Gasteiger charge is 2.24. The van der Waals surface area contributed by atoms with Gasteiger partial charge in [-0.3, -0.25) is 0 Å². The number of nitrogens with one attached hydrogen (secondary N) is 1. The molecule has 1 nitrogen and oxygen atoms in total. The van der Waals surface area contributed by atoms with Gasteiger partial charge in [-0.05, 0) is 50.6 Å². The molecule has 0 spiro atoms. The average molecular weight is 200 g/mol. The van der Waals surface area contributed by atoms with E-state index < -0.39 is 0 Å². The highest BCUT2D eigenvalue weighted by Crippen LogP contribution is 2.31. The third-order valence-electron chi connectivity index (χ3n) is 3.33. The molecule has 0 aromatic carbocycles. The predicted molar refractivity (Wildman–Crippen MR) is 57.1 cm³/mol. The van der Waals surface area contributed by atoms with Crippen LogP contribution in [0.15, 0.2) is 12.2 Å². The molecule has 13 heavy (non-hydrogen) atoms. The summed E-state index contributed by atoms with van der Waals surface area (Å²) in [5, 5.41) is 3.72. The summed E-state index contributed by atoms with van der Waals surface area (Å²) < 4.78 is 0. The number of hydrogen-bond donors (Lipinski definition) is 1. The minimum Gasteiger partial charge on any atom is -0.317 e. The molecule has 0 aromatic heterocycles. The molecule has 1 N–H and O–H groups in total. The Morgan fingerprint density at radius 3 is 2.38 bits per heavy atom. The molecule has 0 amide bonds. The largest absolute Gasteiger partial charge is 0.317 e. The van der Waals surface area contributed by atoms with Crippen molar-refractivity contribution < 1.29 is 0 Å². The molecular weight excluding hydrogens is 182 g/mol. The second kappa shape index (κ2) is 4.47. The third kappa shape index (κ3) is 2.47. The average Bonchev–Trinajstić information content (AvgIpc) is 2.20. The smallest absolute Gasteiger partial charge is 0.0516 e.